The van der Waals surface area contributed by atoms with E-state index in [2.05, 4.69) is 15.2 Å². The maximum Gasteiger partial charge on any atom is 0.211 e. The van der Waals surface area contributed by atoms with Gasteiger partial charge in [0.05, 0.1) is 18.9 Å². The molecule has 2 fully saturated rings. The molecule has 0 saturated carbocycles. The molecule has 2 heterocycles. The van der Waals surface area contributed by atoms with Gasteiger partial charge >= 0.3 is 0 Å². The predicted molar refractivity (Wildman–Crippen MR) is 123 cm³/mol. The highest BCUT2D eigenvalue weighted by atomic mass is 127. The Morgan fingerprint density at radius 3 is 2.62 bits per heavy atom. The van der Waals surface area contributed by atoms with Gasteiger partial charge in [-0.15, -0.1) is 24.0 Å². The van der Waals surface area contributed by atoms with Gasteiger partial charge in [0.15, 0.2) is 5.96 Å². The fourth-order valence-corrected chi connectivity index (χ4v) is 5.16. The van der Waals surface area contributed by atoms with Crippen LogP contribution < -0.4 is 5.32 Å². The number of benzene rings is 1. The highest BCUT2D eigenvalue weighted by Crippen LogP contribution is 2.26. The fourth-order valence-electron chi connectivity index (χ4n) is 3.98. The summed E-state index contributed by atoms with van der Waals surface area (Å²) < 4.78 is 44.7. The normalized spacial score (nSPS) is 26.3. The standard InChI is InChI=1S/C19H29FN4O3S.HI/c1-14-12-23(13-18(27-14)15-6-8-16(20)9-7-15)19(21-2)22-11-17-5-4-10-24(17)28(3,25)26;/h6-9,14,17-18H,4-5,10-13H2,1-3H3,(H,21,22);1H/t14?,17-,18?;/m1./s1. The molecule has 2 unspecified atom stereocenters. The number of halogens is 2. The van der Waals surface area contributed by atoms with Crippen molar-refractivity contribution in [2.24, 2.45) is 4.99 Å². The Hall–Kier alpha value is -0.980. The number of guanidine groups is 1. The van der Waals surface area contributed by atoms with Crippen LogP contribution in [0.15, 0.2) is 29.3 Å². The van der Waals surface area contributed by atoms with E-state index >= 15 is 0 Å². The molecule has 0 radical (unpaired) electrons. The molecular weight excluding hydrogens is 510 g/mol. The molecule has 0 spiro atoms. The van der Waals surface area contributed by atoms with Crippen molar-refractivity contribution in [2.75, 3.05) is 39.5 Å². The molecule has 3 rings (SSSR count). The summed E-state index contributed by atoms with van der Waals surface area (Å²) in [5.74, 6) is 0.455. The number of nitrogens with zero attached hydrogens (tertiary/aromatic N) is 3. The van der Waals surface area contributed by atoms with Crippen LogP contribution in [0.3, 0.4) is 0 Å². The Bertz CT molecular complexity index is 806. The zero-order valence-electron chi connectivity index (χ0n) is 17.0. The number of aliphatic imine (C=N–C) groups is 1. The summed E-state index contributed by atoms with van der Waals surface area (Å²) in [5.41, 5.74) is 0.924. The second kappa shape index (κ2) is 10.4. The van der Waals surface area contributed by atoms with Crippen molar-refractivity contribution in [1.82, 2.24) is 14.5 Å². The molecule has 0 bridgehead atoms. The molecule has 2 aliphatic heterocycles. The molecule has 29 heavy (non-hydrogen) atoms. The number of rotatable bonds is 4. The van der Waals surface area contributed by atoms with E-state index in [1.165, 1.54) is 18.4 Å². The van der Waals surface area contributed by atoms with E-state index in [9.17, 15) is 12.8 Å². The van der Waals surface area contributed by atoms with E-state index in [0.29, 0.717) is 26.2 Å². The van der Waals surface area contributed by atoms with Crippen molar-refractivity contribution >= 4 is 40.0 Å². The Labute approximate surface area is 189 Å². The number of nitrogens with one attached hydrogen (secondary N) is 1. The third-order valence-electron chi connectivity index (χ3n) is 5.26. The third-order valence-corrected chi connectivity index (χ3v) is 6.59. The molecule has 7 nitrogen and oxygen atoms in total. The van der Waals surface area contributed by atoms with Crippen LogP contribution in [0.25, 0.3) is 0 Å². The zero-order valence-corrected chi connectivity index (χ0v) is 20.2. The Morgan fingerprint density at radius 1 is 1.31 bits per heavy atom. The molecule has 0 amide bonds. The van der Waals surface area contributed by atoms with Crippen molar-refractivity contribution in [3.63, 3.8) is 0 Å². The summed E-state index contributed by atoms with van der Waals surface area (Å²) in [5, 5.41) is 3.34. The van der Waals surface area contributed by atoms with E-state index in [1.54, 1.807) is 23.5 Å². The number of morpholine rings is 1. The number of hydrogen-bond acceptors (Lipinski definition) is 4. The first kappa shape index (κ1) is 24.3. The van der Waals surface area contributed by atoms with Gasteiger partial charge in [0, 0.05) is 32.7 Å². The van der Waals surface area contributed by atoms with Crippen molar-refractivity contribution in [3.8, 4) is 0 Å². The van der Waals surface area contributed by atoms with Crippen LogP contribution in [0.5, 0.6) is 0 Å². The lowest BCUT2D eigenvalue weighted by Crippen LogP contribution is -2.53. The van der Waals surface area contributed by atoms with Gasteiger partial charge in [0.1, 0.15) is 11.9 Å². The first-order chi connectivity index (χ1) is 13.3. The van der Waals surface area contributed by atoms with Crippen molar-refractivity contribution in [1.29, 1.82) is 0 Å². The second-order valence-electron chi connectivity index (χ2n) is 7.49. The number of hydrogen-bond donors (Lipinski definition) is 1. The van der Waals surface area contributed by atoms with Gasteiger partial charge < -0.3 is 15.0 Å². The van der Waals surface area contributed by atoms with Gasteiger partial charge in [-0.3, -0.25) is 4.99 Å². The predicted octanol–water partition coefficient (Wildman–Crippen LogP) is 2.20. The molecule has 2 saturated heterocycles. The lowest BCUT2D eigenvalue weighted by molar-refractivity contribution is -0.0605. The minimum absolute atomic E-state index is 0. The van der Waals surface area contributed by atoms with Gasteiger partial charge in [-0.25, -0.2) is 12.8 Å². The van der Waals surface area contributed by atoms with E-state index < -0.39 is 10.0 Å². The highest BCUT2D eigenvalue weighted by Gasteiger charge is 2.33. The lowest BCUT2D eigenvalue weighted by Gasteiger charge is -2.39. The van der Waals surface area contributed by atoms with Crippen LogP contribution in [0.4, 0.5) is 4.39 Å². The van der Waals surface area contributed by atoms with Crippen LogP contribution in [-0.4, -0.2) is 75.2 Å². The Kier molecular flexibility index (Phi) is 8.68. The summed E-state index contributed by atoms with van der Waals surface area (Å²) in [7, 11) is -1.48. The minimum atomic E-state index is -3.20. The number of ether oxygens (including phenoxy) is 1. The maximum absolute atomic E-state index is 13.2. The molecule has 0 aliphatic carbocycles. The third kappa shape index (κ3) is 6.25. The van der Waals surface area contributed by atoms with E-state index in [1.807, 2.05) is 6.92 Å². The molecule has 1 N–H and O–H groups in total. The average Bonchev–Trinajstić information content (AvgIpc) is 3.11. The largest absolute Gasteiger partial charge is 0.367 e. The quantitative estimate of drug-likeness (QED) is 0.360. The zero-order chi connectivity index (χ0) is 20.3. The molecule has 10 heteroatoms. The monoisotopic (exact) mass is 540 g/mol. The van der Waals surface area contributed by atoms with Gasteiger partial charge in [-0.1, -0.05) is 12.1 Å². The van der Waals surface area contributed by atoms with Crippen LogP contribution >= 0.6 is 24.0 Å². The lowest BCUT2D eigenvalue weighted by atomic mass is 10.1. The van der Waals surface area contributed by atoms with Gasteiger partial charge in [0.25, 0.3) is 0 Å². The minimum Gasteiger partial charge on any atom is -0.367 e. The topological polar surface area (TPSA) is 74.2 Å². The summed E-state index contributed by atoms with van der Waals surface area (Å²) in [6.07, 6.45) is 2.79. The molecule has 1 aromatic carbocycles. The maximum atomic E-state index is 13.2. The van der Waals surface area contributed by atoms with Crippen molar-refractivity contribution < 1.29 is 17.5 Å². The molecule has 1 aromatic rings. The number of sulfonamides is 1. The summed E-state index contributed by atoms with van der Waals surface area (Å²) in [6, 6.07) is 6.31. The van der Waals surface area contributed by atoms with Gasteiger partial charge in [0.2, 0.25) is 10.0 Å². The smallest absolute Gasteiger partial charge is 0.211 e. The summed E-state index contributed by atoms with van der Waals surface area (Å²) in [4.78, 5) is 6.50. The van der Waals surface area contributed by atoms with Crippen molar-refractivity contribution in [2.45, 2.75) is 38.0 Å². The van der Waals surface area contributed by atoms with E-state index in [-0.39, 0.29) is 48.0 Å². The molecule has 164 valence electrons. The van der Waals surface area contributed by atoms with Crippen LogP contribution in [0, 0.1) is 5.82 Å². The van der Waals surface area contributed by atoms with E-state index in [4.69, 9.17) is 4.74 Å². The van der Waals surface area contributed by atoms with Gasteiger partial charge in [-0.05, 0) is 37.5 Å². The van der Waals surface area contributed by atoms with E-state index in [0.717, 1.165) is 24.4 Å². The molecule has 0 aromatic heterocycles. The summed E-state index contributed by atoms with van der Waals surface area (Å²) >= 11 is 0. The highest BCUT2D eigenvalue weighted by molar-refractivity contribution is 14.0. The fraction of sp³-hybridized carbons (Fsp3) is 0.632. The summed E-state index contributed by atoms with van der Waals surface area (Å²) in [6.45, 7) is 4.37. The van der Waals surface area contributed by atoms with Gasteiger partial charge in [-0.2, -0.15) is 4.31 Å². The molecular formula is C19H30FIN4O3S. The first-order valence-electron chi connectivity index (χ1n) is 9.61. The first-order valence-corrected chi connectivity index (χ1v) is 11.5. The SMILES string of the molecule is CN=C(NC[C@H]1CCCN1S(C)(=O)=O)N1CC(C)OC(c2ccc(F)cc2)C1.I. The van der Waals surface area contributed by atoms with Crippen LogP contribution in [-0.2, 0) is 14.8 Å². The molecule has 2 aliphatic rings. The van der Waals surface area contributed by atoms with Crippen LogP contribution in [0.2, 0.25) is 0 Å². The average molecular weight is 540 g/mol. The van der Waals surface area contributed by atoms with Crippen LogP contribution in [0.1, 0.15) is 31.4 Å². The second-order valence-corrected chi connectivity index (χ2v) is 9.42. The molecule has 3 atom stereocenters. The Morgan fingerprint density at radius 2 is 2.00 bits per heavy atom. The Balaban J connectivity index is 0.00000300. The van der Waals surface area contributed by atoms with Crippen molar-refractivity contribution in [3.05, 3.63) is 35.6 Å².